The summed E-state index contributed by atoms with van der Waals surface area (Å²) in [4.78, 5) is 12.2. The third kappa shape index (κ3) is 3.63. The predicted octanol–water partition coefficient (Wildman–Crippen LogP) is 1.88. The highest BCUT2D eigenvalue weighted by Crippen LogP contribution is 2.29. The summed E-state index contributed by atoms with van der Waals surface area (Å²) in [5.41, 5.74) is 0. The van der Waals surface area contributed by atoms with E-state index in [1.165, 1.54) is 25.3 Å². The lowest BCUT2D eigenvalue weighted by atomic mass is 10.0. The maximum absolute atomic E-state index is 12.8. The zero-order valence-corrected chi connectivity index (χ0v) is 16.4. The number of methoxy groups -OCH3 is 1. The highest BCUT2D eigenvalue weighted by molar-refractivity contribution is 7.92. The minimum Gasteiger partial charge on any atom is -0.495 e. The van der Waals surface area contributed by atoms with E-state index in [9.17, 15) is 21.7 Å². The number of rotatable bonds is 5. The highest BCUT2D eigenvalue weighted by Gasteiger charge is 2.37. The van der Waals surface area contributed by atoms with Crippen LogP contribution in [0.3, 0.4) is 0 Å². The van der Waals surface area contributed by atoms with Crippen molar-refractivity contribution in [3.05, 3.63) is 41.3 Å². The number of aromatic nitrogens is 2. The summed E-state index contributed by atoms with van der Waals surface area (Å²) in [5.74, 6) is 0.127. The summed E-state index contributed by atoms with van der Waals surface area (Å²) in [6, 6.07) is 8.14. The molecule has 1 aromatic carbocycles. The van der Waals surface area contributed by atoms with Gasteiger partial charge in [0, 0.05) is 6.07 Å². The van der Waals surface area contributed by atoms with Crippen molar-refractivity contribution in [1.29, 1.82) is 0 Å². The van der Waals surface area contributed by atoms with E-state index in [1.807, 2.05) is 0 Å². The molecule has 0 unspecified atom stereocenters. The van der Waals surface area contributed by atoms with Crippen molar-refractivity contribution in [2.45, 2.75) is 52.3 Å². The first-order valence-electron chi connectivity index (χ1n) is 8.56. The largest absolute Gasteiger partial charge is 0.495 e. The number of H-pyrrole nitrogens is 1. The third-order valence-electron chi connectivity index (χ3n) is 4.72. The molecule has 8 nitrogen and oxygen atoms in total. The van der Waals surface area contributed by atoms with Crippen molar-refractivity contribution in [3.8, 4) is 5.75 Å². The number of nitrogens with zero attached hydrogens (tertiary/aromatic N) is 1. The average Bonchev–Trinajstić information content (AvgIpc) is 2.68. The third-order valence-corrected chi connectivity index (χ3v) is 8.68. The van der Waals surface area contributed by atoms with Crippen LogP contribution in [0.2, 0.25) is 0 Å². The maximum Gasteiger partial charge on any atom is 0.382 e. The van der Waals surface area contributed by atoms with Gasteiger partial charge in [0.15, 0.2) is 9.57 Å². The first-order valence-corrected chi connectivity index (χ1v) is 11.6. The van der Waals surface area contributed by atoms with E-state index in [0.717, 1.165) is 31.4 Å². The Kier molecular flexibility index (Phi) is 5.38. The van der Waals surface area contributed by atoms with Gasteiger partial charge in [-0.1, -0.05) is 31.4 Å². The normalized spacial score (nSPS) is 16.2. The van der Waals surface area contributed by atoms with E-state index < -0.39 is 35.0 Å². The van der Waals surface area contributed by atoms with E-state index in [0.29, 0.717) is 12.8 Å². The molecule has 1 aromatic heterocycles. The zero-order chi connectivity index (χ0) is 19.7. The molecule has 0 radical (unpaired) electrons. The summed E-state index contributed by atoms with van der Waals surface area (Å²) in [6.45, 7) is 0. The Balaban J connectivity index is 2.03. The maximum atomic E-state index is 12.8. The molecule has 1 heterocycles. The number of hydrogen-bond donors (Lipinski definition) is 1. The average molecular weight is 413 g/mol. The number of sulfone groups is 2. The zero-order valence-electron chi connectivity index (χ0n) is 14.8. The van der Waals surface area contributed by atoms with Crippen LogP contribution in [0.4, 0.5) is 0 Å². The van der Waals surface area contributed by atoms with Crippen molar-refractivity contribution >= 4 is 19.7 Å². The van der Waals surface area contributed by atoms with E-state index in [2.05, 4.69) is 5.10 Å². The second-order valence-corrected chi connectivity index (χ2v) is 10.5. The van der Waals surface area contributed by atoms with Crippen molar-refractivity contribution in [3.63, 3.8) is 0 Å². The molecule has 3 rings (SSSR count). The first kappa shape index (κ1) is 19.6. The second-order valence-electron chi connectivity index (χ2n) is 6.40. The smallest absolute Gasteiger partial charge is 0.382 e. The lowest BCUT2D eigenvalue weighted by Crippen LogP contribution is -2.35. The van der Waals surface area contributed by atoms with Crippen LogP contribution in [0.15, 0.2) is 51.3 Å². The Morgan fingerprint density at radius 3 is 2.30 bits per heavy atom. The molecule has 0 aliphatic heterocycles. The van der Waals surface area contributed by atoms with Crippen molar-refractivity contribution in [1.82, 2.24) is 5.10 Å². The molecule has 10 heteroatoms. The van der Waals surface area contributed by atoms with Crippen molar-refractivity contribution in [2.24, 2.45) is 0 Å². The van der Waals surface area contributed by atoms with Crippen LogP contribution in [0.1, 0.15) is 32.1 Å². The van der Waals surface area contributed by atoms with Crippen molar-refractivity contribution < 1.29 is 26.1 Å². The minimum absolute atomic E-state index is 0.0201. The fourth-order valence-corrected chi connectivity index (χ4v) is 6.46. The number of ether oxygens (including phenoxy) is 1. The van der Waals surface area contributed by atoms with Gasteiger partial charge in [0.2, 0.25) is 19.7 Å². The Bertz CT molecular complexity index is 1100. The SMILES string of the molecule is COc1ccccc1S(=O)(=O)c1ccc(S(=O)(=O)C2CCCCC2)[n+](=O)[nH]1. The fraction of sp³-hybridized carbons (Fsp3) is 0.412. The topological polar surface area (TPSA) is 116 Å². The standard InChI is InChI=1S/C17H21N2O6S2/c1-25-14-9-5-6-10-15(14)27(23,24)16-11-12-17(19(20)18-16)26(21,22)13-7-3-2-4-8-13/h5-6,9-13H,2-4,7-8H2,1H3,(H,18,20)/q+1. The number of nitrogens with one attached hydrogen (secondary N) is 1. The van der Waals surface area contributed by atoms with Crippen LogP contribution in [0.5, 0.6) is 5.75 Å². The van der Waals surface area contributed by atoms with Gasteiger partial charge in [0.25, 0.3) is 0 Å². The van der Waals surface area contributed by atoms with E-state index in [1.54, 1.807) is 6.07 Å². The van der Waals surface area contributed by atoms with Gasteiger partial charge in [-0.3, -0.25) is 0 Å². The Labute approximate surface area is 157 Å². The van der Waals surface area contributed by atoms with Gasteiger partial charge in [0.1, 0.15) is 10.6 Å². The van der Waals surface area contributed by atoms with Gasteiger partial charge in [-0.15, -0.1) is 5.10 Å². The molecule has 0 saturated heterocycles. The summed E-state index contributed by atoms with van der Waals surface area (Å²) in [5, 5.41) is 0.658. The van der Waals surface area contributed by atoms with Gasteiger partial charge in [-0.2, -0.15) is 0 Å². The molecule has 0 spiro atoms. The van der Waals surface area contributed by atoms with E-state index in [4.69, 9.17) is 4.74 Å². The molecule has 1 fully saturated rings. The van der Waals surface area contributed by atoms with Gasteiger partial charge in [-0.25, -0.2) is 16.8 Å². The van der Waals surface area contributed by atoms with E-state index in [-0.39, 0.29) is 15.2 Å². The minimum atomic E-state index is -4.09. The summed E-state index contributed by atoms with van der Waals surface area (Å²) >= 11 is 0. The van der Waals surface area contributed by atoms with Gasteiger partial charge < -0.3 is 4.74 Å². The predicted molar refractivity (Wildman–Crippen MR) is 96.7 cm³/mol. The van der Waals surface area contributed by atoms with Crippen LogP contribution in [-0.4, -0.2) is 34.3 Å². The molecule has 1 aliphatic carbocycles. The van der Waals surface area contributed by atoms with Gasteiger partial charge in [-0.05, 0) is 31.0 Å². The molecule has 1 aliphatic rings. The lowest BCUT2D eigenvalue weighted by Gasteiger charge is -2.18. The van der Waals surface area contributed by atoms with Crippen LogP contribution in [-0.2, 0) is 19.7 Å². The Morgan fingerprint density at radius 2 is 1.67 bits per heavy atom. The quantitative estimate of drug-likeness (QED) is 0.748. The van der Waals surface area contributed by atoms with Crippen molar-refractivity contribution in [2.75, 3.05) is 7.11 Å². The molecule has 0 bridgehead atoms. The Hall–Kier alpha value is -2.20. The molecular weight excluding hydrogens is 392 g/mol. The fourth-order valence-electron chi connectivity index (χ4n) is 3.27. The summed E-state index contributed by atoms with van der Waals surface area (Å²) in [7, 11) is -6.58. The number of benzene rings is 1. The molecule has 27 heavy (non-hydrogen) atoms. The van der Waals surface area contributed by atoms with Crippen LogP contribution in [0, 0.1) is 4.91 Å². The number of aromatic amines is 1. The first-order chi connectivity index (χ1) is 12.8. The molecule has 0 atom stereocenters. The van der Waals surface area contributed by atoms with Gasteiger partial charge in [0.05, 0.1) is 17.3 Å². The van der Waals surface area contributed by atoms with Crippen LogP contribution < -0.4 is 9.28 Å². The van der Waals surface area contributed by atoms with Crippen LogP contribution in [0.25, 0.3) is 0 Å². The Morgan fingerprint density at radius 1 is 1.00 bits per heavy atom. The molecule has 0 amide bonds. The molecule has 146 valence electrons. The van der Waals surface area contributed by atoms with Gasteiger partial charge >= 0.3 is 5.03 Å². The van der Waals surface area contributed by atoms with E-state index >= 15 is 0 Å². The second kappa shape index (κ2) is 7.43. The summed E-state index contributed by atoms with van der Waals surface area (Å²) < 4.78 is 56.2. The lowest BCUT2D eigenvalue weighted by molar-refractivity contribution is -0.610. The molecule has 1 N–H and O–H groups in total. The van der Waals surface area contributed by atoms with Crippen LogP contribution >= 0.6 is 0 Å². The number of hydrogen-bond acceptors (Lipinski definition) is 6. The monoisotopic (exact) mass is 413 g/mol. The molecular formula is C17H21N2O6S2+. The summed E-state index contributed by atoms with van der Waals surface area (Å²) in [6.07, 6.45) is 3.58. The number of para-hydroxylation sites is 1. The molecule has 1 saturated carbocycles. The highest BCUT2D eigenvalue weighted by atomic mass is 32.2. The molecule has 2 aromatic rings.